The van der Waals surface area contributed by atoms with Gasteiger partial charge in [0.15, 0.2) is 0 Å². The first kappa shape index (κ1) is 21.8. The third kappa shape index (κ3) is 4.33. The average Bonchev–Trinajstić information content (AvgIpc) is 2.65. The first-order valence-corrected chi connectivity index (χ1v) is 10.1. The van der Waals surface area contributed by atoms with Crippen LogP contribution in [0.25, 0.3) is 0 Å². The van der Waals surface area contributed by atoms with Crippen molar-refractivity contribution < 1.29 is 18.4 Å². The number of carbonyl (C=O) groups is 2. The van der Waals surface area contributed by atoms with Crippen molar-refractivity contribution in [3.63, 3.8) is 0 Å². The summed E-state index contributed by atoms with van der Waals surface area (Å²) >= 11 is 11.4. The topological polar surface area (TPSA) is 40.6 Å². The van der Waals surface area contributed by atoms with Crippen LogP contribution in [0, 0.1) is 5.41 Å². The van der Waals surface area contributed by atoms with Gasteiger partial charge in [0.1, 0.15) is 4.49 Å². The van der Waals surface area contributed by atoms with E-state index in [0.717, 1.165) is 11.6 Å². The second kappa shape index (κ2) is 8.44. The van der Waals surface area contributed by atoms with E-state index in [1.807, 2.05) is 6.07 Å². The number of hydrogen-bond acceptors (Lipinski definition) is 2. The fourth-order valence-corrected chi connectivity index (χ4v) is 4.24. The Morgan fingerprint density at radius 3 is 2.34 bits per heavy atom. The number of benzene rings is 1. The number of rotatable bonds is 5. The van der Waals surface area contributed by atoms with Gasteiger partial charge in [0, 0.05) is 19.6 Å². The molecule has 2 aliphatic rings. The number of amides is 2. The van der Waals surface area contributed by atoms with E-state index in [1.54, 1.807) is 24.3 Å². The molecule has 4 nitrogen and oxygen atoms in total. The van der Waals surface area contributed by atoms with Gasteiger partial charge in [0.2, 0.25) is 11.8 Å². The first-order chi connectivity index (χ1) is 13.7. The number of nitrogens with zero attached hydrogens (tertiary/aromatic N) is 2. The molecule has 29 heavy (non-hydrogen) atoms. The molecule has 0 aromatic heterocycles. The summed E-state index contributed by atoms with van der Waals surface area (Å²) in [5.41, 5.74) is -0.553. The Kier molecular flexibility index (Phi) is 6.34. The number of piperidine rings is 1. The lowest BCUT2D eigenvalue weighted by Crippen LogP contribution is -2.71. The molecule has 0 bridgehead atoms. The molecule has 2 amide bonds. The number of likely N-dealkylation sites (tertiary alicyclic amines) is 2. The Bertz CT molecular complexity index is 819. The highest BCUT2D eigenvalue weighted by molar-refractivity contribution is 6.55. The van der Waals surface area contributed by atoms with Crippen molar-refractivity contribution in [1.82, 2.24) is 9.80 Å². The Labute approximate surface area is 178 Å². The summed E-state index contributed by atoms with van der Waals surface area (Å²) in [6.45, 7) is 2.91. The van der Waals surface area contributed by atoms with Crippen molar-refractivity contribution in [2.24, 2.45) is 5.41 Å². The van der Waals surface area contributed by atoms with Gasteiger partial charge in [-0.1, -0.05) is 66.2 Å². The van der Waals surface area contributed by atoms with Crippen molar-refractivity contribution in [1.29, 1.82) is 0 Å². The van der Waals surface area contributed by atoms with Gasteiger partial charge in [-0.15, -0.1) is 0 Å². The zero-order valence-corrected chi connectivity index (χ0v) is 17.3. The molecule has 2 fully saturated rings. The molecule has 156 valence electrons. The van der Waals surface area contributed by atoms with Crippen LogP contribution in [0.5, 0.6) is 0 Å². The maximum Gasteiger partial charge on any atom is 0.274 e. The predicted octanol–water partition coefficient (Wildman–Crippen LogP) is 4.36. The minimum Gasteiger partial charge on any atom is -0.337 e. The summed E-state index contributed by atoms with van der Waals surface area (Å²) in [5.74, 6) is -4.46. The van der Waals surface area contributed by atoms with Gasteiger partial charge in [-0.25, -0.2) is 8.78 Å². The van der Waals surface area contributed by atoms with E-state index in [0.29, 0.717) is 0 Å². The van der Waals surface area contributed by atoms with Crippen molar-refractivity contribution in [2.75, 3.05) is 26.2 Å². The summed E-state index contributed by atoms with van der Waals surface area (Å²) < 4.78 is 30.1. The first-order valence-electron chi connectivity index (χ1n) is 9.33. The normalized spacial score (nSPS) is 20.6. The van der Waals surface area contributed by atoms with Gasteiger partial charge < -0.3 is 9.80 Å². The fraction of sp³-hybridized carbons (Fsp3) is 0.429. The van der Waals surface area contributed by atoms with E-state index in [9.17, 15) is 9.59 Å². The molecule has 1 atom stereocenters. The Morgan fingerprint density at radius 1 is 1.14 bits per heavy atom. The third-order valence-corrected chi connectivity index (χ3v) is 6.13. The van der Waals surface area contributed by atoms with E-state index >= 15 is 8.78 Å². The van der Waals surface area contributed by atoms with Crippen LogP contribution in [0.15, 0.2) is 53.6 Å². The van der Waals surface area contributed by atoms with E-state index < -0.39 is 23.8 Å². The highest BCUT2D eigenvalue weighted by Crippen LogP contribution is 2.50. The maximum absolute atomic E-state index is 15.0. The van der Waals surface area contributed by atoms with Gasteiger partial charge in [0.25, 0.3) is 5.92 Å². The molecule has 1 aromatic carbocycles. The Hall–Kier alpha value is -1.92. The van der Waals surface area contributed by atoms with Crippen LogP contribution >= 0.6 is 23.2 Å². The van der Waals surface area contributed by atoms with Gasteiger partial charge >= 0.3 is 0 Å². The summed E-state index contributed by atoms with van der Waals surface area (Å²) in [5, 5.41) is 0. The van der Waals surface area contributed by atoms with Crippen molar-refractivity contribution >= 4 is 35.0 Å². The van der Waals surface area contributed by atoms with E-state index in [-0.39, 0.29) is 48.8 Å². The lowest BCUT2D eigenvalue weighted by molar-refractivity contribution is -0.222. The Balaban J connectivity index is 1.75. The van der Waals surface area contributed by atoms with Crippen LogP contribution < -0.4 is 0 Å². The SMILES string of the molecule is C=CC(=O)N1CC2(CCN(C(=O)C(CC=C(Cl)Cl)c3ccccc3)CC2(F)F)C1. The second-order valence-electron chi connectivity index (χ2n) is 7.59. The third-order valence-electron chi connectivity index (χ3n) is 5.82. The summed E-state index contributed by atoms with van der Waals surface area (Å²) in [6, 6.07) is 8.97. The molecule has 1 aromatic rings. The van der Waals surface area contributed by atoms with Gasteiger partial charge in [0.05, 0.1) is 17.9 Å². The summed E-state index contributed by atoms with van der Waals surface area (Å²) in [6.07, 6.45) is 3.00. The monoisotopic (exact) mass is 442 g/mol. The molecule has 2 saturated heterocycles. The molecule has 3 rings (SSSR count). The van der Waals surface area contributed by atoms with E-state index in [4.69, 9.17) is 23.2 Å². The van der Waals surface area contributed by atoms with E-state index in [1.165, 1.54) is 15.9 Å². The Morgan fingerprint density at radius 2 is 1.79 bits per heavy atom. The largest absolute Gasteiger partial charge is 0.337 e. The number of allylic oxidation sites excluding steroid dienone is 1. The summed E-state index contributed by atoms with van der Waals surface area (Å²) in [7, 11) is 0. The number of halogens is 4. The van der Waals surface area contributed by atoms with Gasteiger partial charge in [-0.2, -0.15) is 0 Å². The van der Waals surface area contributed by atoms with Crippen LogP contribution in [0.3, 0.4) is 0 Å². The molecule has 0 N–H and O–H groups in total. The molecule has 1 unspecified atom stereocenters. The van der Waals surface area contributed by atoms with Crippen LogP contribution in [0.2, 0.25) is 0 Å². The standard InChI is InChI=1S/C21H22Cl2F2N2O2/c1-2-18(28)27-12-20(13-27)10-11-26(14-21(20,24)25)19(29)16(8-9-17(22)23)15-6-4-3-5-7-15/h2-7,9,16H,1,8,10-14H2. The summed E-state index contributed by atoms with van der Waals surface area (Å²) in [4.78, 5) is 27.4. The van der Waals surface area contributed by atoms with E-state index in [2.05, 4.69) is 6.58 Å². The van der Waals surface area contributed by atoms with Gasteiger partial charge in [-0.3, -0.25) is 9.59 Å². The predicted molar refractivity (Wildman–Crippen MR) is 109 cm³/mol. The molecular weight excluding hydrogens is 421 g/mol. The minimum absolute atomic E-state index is 0.0143. The van der Waals surface area contributed by atoms with Crippen molar-refractivity contribution in [3.05, 3.63) is 59.1 Å². The van der Waals surface area contributed by atoms with Crippen molar-refractivity contribution in [3.8, 4) is 0 Å². The smallest absolute Gasteiger partial charge is 0.274 e. The lowest BCUT2D eigenvalue weighted by Gasteiger charge is -2.57. The lowest BCUT2D eigenvalue weighted by atomic mass is 9.69. The zero-order chi connectivity index (χ0) is 21.2. The number of hydrogen-bond donors (Lipinski definition) is 0. The van der Waals surface area contributed by atoms with Crippen LogP contribution in [0.4, 0.5) is 8.78 Å². The second-order valence-corrected chi connectivity index (χ2v) is 8.59. The maximum atomic E-state index is 15.0. The molecule has 0 aliphatic carbocycles. The molecule has 1 spiro atoms. The molecule has 0 saturated carbocycles. The van der Waals surface area contributed by atoms with Crippen LogP contribution in [-0.2, 0) is 9.59 Å². The van der Waals surface area contributed by atoms with Crippen LogP contribution in [-0.4, -0.2) is 53.7 Å². The minimum atomic E-state index is -3.08. The molecule has 2 aliphatic heterocycles. The molecular formula is C21H22Cl2F2N2O2. The number of alkyl halides is 2. The molecule has 8 heteroatoms. The quantitative estimate of drug-likeness (QED) is 0.635. The van der Waals surface area contributed by atoms with Gasteiger partial charge in [-0.05, 0) is 24.5 Å². The fourth-order valence-electron chi connectivity index (χ4n) is 4.06. The zero-order valence-electron chi connectivity index (χ0n) is 15.8. The highest BCUT2D eigenvalue weighted by atomic mass is 35.5. The molecule has 0 radical (unpaired) electrons. The van der Waals surface area contributed by atoms with Crippen LogP contribution in [0.1, 0.15) is 24.3 Å². The van der Waals surface area contributed by atoms with Crippen molar-refractivity contribution in [2.45, 2.75) is 24.7 Å². The highest BCUT2D eigenvalue weighted by Gasteiger charge is 2.63. The average molecular weight is 443 g/mol. The number of carbonyl (C=O) groups excluding carboxylic acids is 2. The molecule has 2 heterocycles.